The van der Waals surface area contributed by atoms with E-state index in [1.165, 1.54) is 17.3 Å². The number of nitrogens with one attached hydrogen (secondary N) is 1. The molecule has 1 amide bonds. The van der Waals surface area contributed by atoms with Crippen LogP contribution in [0.15, 0.2) is 12.7 Å². The molecule has 1 aromatic rings. The molecule has 0 saturated carbocycles. The van der Waals surface area contributed by atoms with E-state index in [9.17, 15) is 9.59 Å². The minimum Gasteiger partial charge on any atom is -0.481 e. The van der Waals surface area contributed by atoms with Crippen LogP contribution in [0.2, 0.25) is 0 Å². The number of carboxylic acid groups (broad SMARTS) is 1. The summed E-state index contributed by atoms with van der Waals surface area (Å²) in [4.78, 5) is 26.1. The van der Waals surface area contributed by atoms with Crippen LogP contribution < -0.4 is 5.32 Å². The molecule has 0 radical (unpaired) electrons. The summed E-state index contributed by atoms with van der Waals surface area (Å²) in [5.41, 5.74) is 0. The molecule has 0 aromatic carbocycles. The van der Waals surface area contributed by atoms with Crippen molar-refractivity contribution in [3.05, 3.63) is 12.7 Å². The summed E-state index contributed by atoms with van der Waals surface area (Å²) in [5.74, 6) is -1.96. The molecule has 2 N–H and O–H groups in total. The molecule has 2 rings (SSSR count). The predicted molar refractivity (Wildman–Crippen MR) is 53.9 cm³/mol. The van der Waals surface area contributed by atoms with E-state index >= 15 is 0 Å². The first kappa shape index (κ1) is 11.5. The van der Waals surface area contributed by atoms with E-state index < -0.39 is 17.9 Å². The standard InChI is InChI=1S/C9H12N4O4/c14-8(1-13-5-10-4-11-13)12-7-3-17-2-6(7)9(15)16/h4-7H,1-3H2,(H,12,14)(H,15,16). The molecule has 1 aliphatic rings. The lowest BCUT2D eigenvalue weighted by molar-refractivity contribution is -0.142. The molecule has 1 aromatic heterocycles. The molecule has 8 heteroatoms. The van der Waals surface area contributed by atoms with Gasteiger partial charge in [0.25, 0.3) is 0 Å². The van der Waals surface area contributed by atoms with Gasteiger partial charge < -0.3 is 15.2 Å². The Balaban J connectivity index is 1.88. The molecule has 1 aliphatic heterocycles. The van der Waals surface area contributed by atoms with E-state index in [0.29, 0.717) is 0 Å². The van der Waals surface area contributed by atoms with Crippen molar-refractivity contribution >= 4 is 11.9 Å². The maximum Gasteiger partial charge on any atom is 0.311 e. The van der Waals surface area contributed by atoms with E-state index in [1.807, 2.05) is 0 Å². The van der Waals surface area contributed by atoms with Gasteiger partial charge in [-0.2, -0.15) is 5.10 Å². The van der Waals surface area contributed by atoms with Crippen LogP contribution in [-0.2, 0) is 20.9 Å². The number of ether oxygens (including phenoxy) is 1. The van der Waals surface area contributed by atoms with Gasteiger partial charge in [-0.15, -0.1) is 0 Å². The number of hydrogen-bond donors (Lipinski definition) is 2. The molecular weight excluding hydrogens is 228 g/mol. The molecule has 92 valence electrons. The van der Waals surface area contributed by atoms with Crippen LogP contribution in [0.25, 0.3) is 0 Å². The molecule has 1 fully saturated rings. The van der Waals surface area contributed by atoms with Crippen molar-refractivity contribution < 1.29 is 19.4 Å². The van der Waals surface area contributed by atoms with Gasteiger partial charge in [0.05, 0.1) is 19.3 Å². The minimum absolute atomic E-state index is 0.0167. The summed E-state index contributed by atoms with van der Waals surface area (Å²) in [6, 6.07) is -0.483. The Kier molecular flexibility index (Phi) is 3.33. The van der Waals surface area contributed by atoms with Crippen molar-refractivity contribution in [3.8, 4) is 0 Å². The third kappa shape index (κ3) is 2.78. The van der Waals surface area contributed by atoms with Gasteiger partial charge in [-0.1, -0.05) is 0 Å². The summed E-state index contributed by atoms with van der Waals surface area (Å²) in [6.45, 7) is 0.368. The van der Waals surface area contributed by atoms with Gasteiger partial charge in [0.2, 0.25) is 5.91 Å². The second kappa shape index (κ2) is 4.91. The van der Waals surface area contributed by atoms with Crippen LogP contribution in [-0.4, -0.2) is 51.0 Å². The monoisotopic (exact) mass is 240 g/mol. The largest absolute Gasteiger partial charge is 0.481 e. The van der Waals surface area contributed by atoms with Crippen LogP contribution in [0.5, 0.6) is 0 Å². The number of carboxylic acids is 1. The van der Waals surface area contributed by atoms with Crippen molar-refractivity contribution in [2.24, 2.45) is 5.92 Å². The summed E-state index contributed by atoms with van der Waals surface area (Å²) in [5, 5.41) is 15.3. The lowest BCUT2D eigenvalue weighted by atomic mass is 10.0. The number of hydrogen-bond acceptors (Lipinski definition) is 5. The Labute approximate surface area is 96.6 Å². The zero-order valence-corrected chi connectivity index (χ0v) is 8.94. The van der Waals surface area contributed by atoms with Crippen LogP contribution in [0, 0.1) is 5.92 Å². The molecule has 2 heterocycles. The lowest BCUT2D eigenvalue weighted by Gasteiger charge is -2.15. The number of rotatable bonds is 4. The van der Waals surface area contributed by atoms with Crippen molar-refractivity contribution in [1.82, 2.24) is 20.1 Å². The molecule has 8 nitrogen and oxygen atoms in total. The van der Waals surface area contributed by atoms with E-state index in [2.05, 4.69) is 15.4 Å². The topological polar surface area (TPSA) is 106 Å². The Bertz CT molecular complexity index is 405. The third-order valence-corrected chi connectivity index (χ3v) is 2.52. The van der Waals surface area contributed by atoms with Gasteiger partial charge in [0.15, 0.2) is 0 Å². The summed E-state index contributed by atoms with van der Waals surface area (Å²) < 4.78 is 6.40. The number of aromatic nitrogens is 3. The highest BCUT2D eigenvalue weighted by Gasteiger charge is 2.34. The van der Waals surface area contributed by atoms with Gasteiger partial charge in [0, 0.05) is 0 Å². The van der Waals surface area contributed by atoms with Gasteiger partial charge in [-0.25, -0.2) is 9.67 Å². The highest BCUT2D eigenvalue weighted by molar-refractivity contribution is 5.78. The SMILES string of the molecule is O=C(Cn1cncn1)NC1COCC1C(=O)O. The molecule has 17 heavy (non-hydrogen) atoms. The van der Waals surface area contributed by atoms with Gasteiger partial charge >= 0.3 is 5.97 Å². The fraction of sp³-hybridized carbons (Fsp3) is 0.556. The highest BCUT2D eigenvalue weighted by atomic mass is 16.5. The lowest BCUT2D eigenvalue weighted by Crippen LogP contribution is -2.44. The minimum atomic E-state index is -0.964. The molecule has 2 atom stereocenters. The van der Waals surface area contributed by atoms with E-state index in [-0.39, 0.29) is 25.7 Å². The number of nitrogens with zero attached hydrogens (tertiary/aromatic N) is 3. The Morgan fingerprint density at radius 3 is 3.00 bits per heavy atom. The van der Waals surface area contributed by atoms with Gasteiger partial charge in [0.1, 0.15) is 25.1 Å². The quantitative estimate of drug-likeness (QED) is 0.663. The smallest absolute Gasteiger partial charge is 0.311 e. The van der Waals surface area contributed by atoms with Crippen molar-refractivity contribution in [2.45, 2.75) is 12.6 Å². The second-order valence-corrected chi connectivity index (χ2v) is 3.75. The summed E-state index contributed by atoms with van der Waals surface area (Å²) >= 11 is 0. The van der Waals surface area contributed by atoms with Crippen LogP contribution in [0.4, 0.5) is 0 Å². The second-order valence-electron chi connectivity index (χ2n) is 3.75. The maximum atomic E-state index is 11.6. The number of aliphatic carboxylic acids is 1. The fourth-order valence-corrected chi connectivity index (χ4v) is 1.65. The van der Waals surface area contributed by atoms with Gasteiger partial charge in [-0.3, -0.25) is 9.59 Å². The fourth-order valence-electron chi connectivity index (χ4n) is 1.65. The van der Waals surface area contributed by atoms with Crippen LogP contribution in [0.1, 0.15) is 0 Å². The summed E-state index contributed by atoms with van der Waals surface area (Å²) in [7, 11) is 0. The first-order valence-corrected chi connectivity index (χ1v) is 5.09. The first-order valence-electron chi connectivity index (χ1n) is 5.09. The zero-order chi connectivity index (χ0) is 12.3. The zero-order valence-electron chi connectivity index (χ0n) is 8.94. The first-order chi connectivity index (χ1) is 8.16. The Hall–Kier alpha value is -1.96. The molecule has 0 aliphatic carbocycles. The van der Waals surface area contributed by atoms with Crippen molar-refractivity contribution in [2.75, 3.05) is 13.2 Å². The van der Waals surface area contributed by atoms with E-state index in [4.69, 9.17) is 9.84 Å². The highest BCUT2D eigenvalue weighted by Crippen LogP contribution is 2.13. The number of carbonyl (C=O) groups excluding carboxylic acids is 1. The maximum absolute atomic E-state index is 11.6. The third-order valence-electron chi connectivity index (χ3n) is 2.52. The molecular formula is C9H12N4O4. The molecule has 2 unspecified atom stereocenters. The molecule has 0 bridgehead atoms. The van der Waals surface area contributed by atoms with Crippen molar-refractivity contribution in [3.63, 3.8) is 0 Å². The predicted octanol–water partition coefficient (Wildman–Crippen LogP) is -1.51. The summed E-state index contributed by atoms with van der Waals surface area (Å²) in [6.07, 6.45) is 2.74. The average molecular weight is 240 g/mol. The Morgan fingerprint density at radius 1 is 1.53 bits per heavy atom. The van der Waals surface area contributed by atoms with Crippen LogP contribution in [0.3, 0.4) is 0 Å². The van der Waals surface area contributed by atoms with Crippen molar-refractivity contribution in [1.29, 1.82) is 0 Å². The number of carbonyl (C=O) groups is 2. The van der Waals surface area contributed by atoms with E-state index in [1.54, 1.807) is 0 Å². The van der Waals surface area contributed by atoms with Crippen LogP contribution >= 0.6 is 0 Å². The van der Waals surface area contributed by atoms with E-state index in [0.717, 1.165) is 0 Å². The number of amides is 1. The molecule has 1 saturated heterocycles. The normalized spacial score (nSPS) is 23.5. The van der Waals surface area contributed by atoms with Gasteiger partial charge in [-0.05, 0) is 0 Å². The Morgan fingerprint density at radius 2 is 2.35 bits per heavy atom. The average Bonchev–Trinajstić information content (AvgIpc) is 2.88. The molecule has 0 spiro atoms.